The quantitative estimate of drug-likeness (QED) is 0.819. The van der Waals surface area contributed by atoms with Gasteiger partial charge in [0, 0.05) is 13.3 Å². The van der Waals surface area contributed by atoms with E-state index in [9.17, 15) is 0 Å². The van der Waals surface area contributed by atoms with Crippen molar-refractivity contribution < 1.29 is 9.47 Å². The Labute approximate surface area is 120 Å². The van der Waals surface area contributed by atoms with E-state index in [0.29, 0.717) is 0 Å². The highest BCUT2D eigenvalue weighted by molar-refractivity contribution is 5.49. The Kier molecular flexibility index (Phi) is 3.39. The van der Waals surface area contributed by atoms with E-state index < -0.39 is 5.79 Å². The van der Waals surface area contributed by atoms with Gasteiger partial charge in [-0.1, -0.05) is 49.4 Å². The molecular weight excluding hydrogens is 248 g/mol. The predicted octanol–water partition coefficient (Wildman–Crippen LogP) is 4.37. The second kappa shape index (κ2) is 5.20. The summed E-state index contributed by atoms with van der Waals surface area (Å²) in [6.45, 7) is 4.16. The summed E-state index contributed by atoms with van der Waals surface area (Å²) in [6.07, 6.45) is 2.75. The zero-order chi connectivity index (χ0) is 14.0. The second-order valence-corrected chi connectivity index (χ2v) is 5.42. The molecule has 0 radical (unpaired) electrons. The molecule has 0 aliphatic carbocycles. The Balaban J connectivity index is 1.73. The van der Waals surface area contributed by atoms with Crippen LogP contribution in [0, 0.1) is 0 Å². The maximum absolute atomic E-state index is 6.12. The lowest BCUT2D eigenvalue weighted by Crippen LogP contribution is -2.35. The monoisotopic (exact) mass is 268 g/mol. The third-order valence-electron chi connectivity index (χ3n) is 3.80. The SMILES string of the molecule is CCc1cccc2c1OC(C)(CCc1ccccc1)O2. The minimum Gasteiger partial charge on any atom is -0.449 e. The molecule has 104 valence electrons. The van der Waals surface area contributed by atoms with Crippen molar-refractivity contribution >= 4 is 0 Å². The molecule has 0 saturated carbocycles. The average molecular weight is 268 g/mol. The summed E-state index contributed by atoms with van der Waals surface area (Å²) in [7, 11) is 0. The van der Waals surface area contributed by atoms with Crippen LogP contribution in [-0.2, 0) is 12.8 Å². The Morgan fingerprint density at radius 1 is 0.950 bits per heavy atom. The minimum atomic E-state index is -0.552. The first-order chi connectivity index (χ1) is 9.70. The van der Waals surface area contributed by atoms with Gasteiger partial charge in [0.2, 0.25) is 5.79 Å². The van der Waals surface area contributed by atoms with Gasteiger partial charge in [-0.2, -0.15) is 0 Å². The molecule has 0 N–H and O–H groups in total. The highest BCUT2D eigenvalue weighted by atomic mass is 16.7. The highest BCUT2D eigenvalue weighted by Gasteiger charge is 2.37. The van der Waals surface area contributed by atoms with Crippen molar-refractivity contribution in [2.24, 2.45) is 0 Å². The van der Waals surface area contributed by atoms with Crippen LogP contribution in [0.2, 0.25) is 0 Å². The van der Waals surface area contributed by atoms with Crippen molar-refractivity contribution in [1.29, 1.82) is 0 Å². The molecule has 0 amide bonds. The Morgan fingerprint density at radius 2 is 1.75 bits per heavy atom. The molecule has 1 aliphatic rings. The molecule has 1 heterocycles. The molecule has 2 aromatic rings. The van der Waals surface area contributed by atoms with Crippen molar-refractivity contribution in [2.75, 3.05) is 0 Å². The average Bonchev–Trinajstić information content (AvgIpc) is 2.83. The van der Waals surface area contributed by atoms with Gasteiger partial charge >= 0.3 is 0 Å². The topological polar surface area (TPSA) is 18.5 Å². The zero-order valence-corrected chi connectivity index (χ0v) is 12.1. The van der Waals surface area contributed by atoms with Crippen LogP contribution in [0.3, 0.4) is 0 Å². The predicted molar refractivity (Wildman–Crippen MR) is 80.2 cm³/mol. The van der Waals surface area contributed by atoms with Gasteiger partial charge in [-0.3, -0.25) is 0 Å². The van der Waals surface area contributed by atoms with E-state index in [1.807, 2.05) is 25.1 Å². The lowest BCUT2D eigenvalue weighted by atomic mass is 10.1. The fraction of sp³-hybridized carbons (Fsp3) is 0.333. The molecule has 1 atom stereocenters. The molecule has 0 fully saturated rings. The number of para-hydroxylation sites is 1. The molecule has 0 bridgehead atoms. The molecule has 2 nitrogen and oxygen atoms in total. The van der Waals surface area contributed by atoms with Gasteiger partial charge < -0.3 is 9.47 Å². The largest absolute Gasteiger partial charge is 0.449 e. The van der Waals surface area contributed by atoms with Crippen molar-refractivity contribution in [3.8, 4) is 11.5 Å². The number of ether oxygens (including phenoxy) is 2. The Hall–Kier alpha value is -1.96. The smallest absolute Gasteiger partial charge is 0.249 e. The van der Waals surface area contributed by atoms with E-state index in [1.54, 1.807) is 0 Å². The van der Waals surface area contributed by atoms with Crippen molar-refractivity contribution in [1.82, 2.24) is 0 Å². The molecule has 1 aliphatic heterocycles. The van der Waals surface area contributed by atoms with Crippen LogP contribution < -0.4 is 9.47 Å². The van der Waals surface area contributed by atoms with Crippen LogP contribution in [0.1, 0.15) is 31.4 Å². The maximum Gasteiger partial charge on any atom is 0.249 e. The third-order valence-corrected chi connectivity index (χ3v) is 3.80. The van der Waals surface area contributed by atoms with Crippen LogP contribution in [-0.4, -0.2) is 5.79 Å². The van der Waals surface area contributed by atoms with Crippen LogP contribution in [0.5, 0.6) is 11.5 Å². The van der Waals surface area contributed by atoms with Crippen LogP contribution in [0.25, 0.3) is 0 Å². The van der Waals surface area contributed by atoms with Crippen molar-refractivity contribution in [2.45, 2.75) is 38.9 Å². The molecule has 0 spiro atoms. The summed E-state index contributed by atoms with van der Waals surface area (Å²) in [5, 5.41) is 0. The van der Waals surface area contributed by atoms with Gasteiger partial charge in [-0.05, 0) is 30.0 Å². The number of fused-ring (bicyclic) bond motifs is 1. The van der Waals surface area contributed by atoms with Gasteiger partial charge in [0.25, 0.3) is 0 Å². The summed E-state index contributed by atoms with van der Waals surface area (Å²) in [4.78, 5) is 0. The first kappa shape index (κ1) is 13.0. The molecule has 1 unspecified atom stereocenters. The summed E-state index contributed by atoms with van der Waals surface area (Å²) in [5.74, 6) is 1.24. The second-order valence-electron chi connectivity index (χ2n) is 5.42. The van der Waals surface area contributed by atoms with Crippen LogP contribution in [0.4, 0.5) is 0 Å². The first-order valence-corrected chi connectivity index (χ1v) is 7.24. The van der Waals surface area contributed by atoms with E-state index in [0.717, 1.165) is 30.8 Å². The molecule has 3 rings (SSSR count). The lowest BCUT2D eigenvalue weighted by molar-refractivity contribution is -0.0679. The fourth-order valence-electron chi connectivity index (χ4n) is 2.62. The van der Waals surface area contributed by atoms with Crippen molar-refractivity contribution in [3.63, 3.8) is 0 Å². The molecule has 2 aromatic carbocycles. The maximum atomic E-state index is 6.12. The summed E-state index contributed by atoms with van der Waals surface area (Å²) >= 11 is 0. The minimum absolute atomic E-state index is 0.552. The van der Waals surface area contributed by atoms with E-state index in [4.69, 9.17) is 9.47 Å². The van der Waals surface area contributed by atoms with Gasteiger partial charge in [0.05, 0.1) is 0 Å². The zero-order valence-electron chi connectivity index (χ0n) is 12.1. The van der Waals surface area contributed by atoms with Crippen LogP contribution >= 0.6 is 0 Å². The van der Waals surface area contributed by atoms with Gasteiger partial charge in [0.15, 0.2) is 11.5 Å². The summed E-state index contributed by atoms with van der Waals surface area (Å²) < 4.78 is 12.2. The van der Waals surface area contributed by atoms with Gasteiger partial charge in [0.1, 0.15) is 0 Å². The number of rotatable bonds is 4. The molecule has 2 heteroatoms. The molecule has 0 aromatic heterocycles. The van der Waals surface area contributed by atoms with E-state index >= 15 is 0 Å². The first-order valence-electron chi connectivity index (χ1n) is 7.24. The number of aryl methyl sites for hydroxylation is 2. The molecule has 20 heavy (non-hydrogen) atoms. The normalized spacial score (nSPS) is 20.1. The van der Waals surface area contributed by atoms with E-state index in [1.165, 1.54) is 11.1 Å². The Bertz CT molecular complexity index is 592. The van der Waals surface area contributed by atoms with Crippen LogP contribution in [0.15, 0.2) is 48.5 Å². The Morgan fingerprint density at radius 3 is 2.50 bits per heavy atom. The fourth-order valence-corrected chi connectivity index (χ4v) is 2.62. The third kappa shape index (κ3) is 2.51. The van der Waals surface area contributed by atoms with E-state index in [2.05, 4.69) is 37.3 Å². The van der Waals surface area contributed by atoms with E-state index in [-0.39, 0.29) is 0 Å². The lowest BCUT2D eigenvalue weighted by Gasteiger charge is -2.23. The summed E-state index contributed by atoms with van der Waals surface area (Å²) in [5.41, 5.74) is 2.53. The highest BCUT2D eigenvalue weighted by Crippen LogP contribution is 2.43. The molecular formula is C18H20O2. The van der Waals surface area contributed by atoms with Gasteiger partial charge in [-0.25, -0.2) is 0 Å². The number of hydrogen-bond donors (Lipinski definition) is 0. The van der Waals surface area contributed by atoms with Crippen molar-refractivity contribution in [3.05, 3.63) is 59.7 Å². The standard InChI is InChI=1S/C18H20O2/c1-3-15-10-7-11-16-17(15)20-18(2,19-16)13-12-14-8-5-4-6-9-14/h4-11H,3,12-13H2,1-2H3. The summed E-state index contributed by atoms with van der Waals surface area (Å²) in [6, 6.07) is 16.6. The number of benzene rings is 2. The van der Waals surface area contributed by atoms with Gasteiger partial charge in [-0.15, -0.1) is 0 Å². The molecule has 0 saturated heterocycles. The number of hydrogen-bond acceptors (Lipinski definition) is 2.